The van der Waals surface area contributed by atoms with Crippen molar-refractivity contribution >= 4 is 23.1 Å². The first kappa shape index (κ1) is 14.1. The number of anilines is 2. The molecule has 3 heterocycles. The molecule has 0 saturated carbocycles. The van der Waals surface area contributed by atoms with Crippen LogP contribution >= 0.6 is 11.6 Å². The van der Waals surface area contributed by atoms with Crippen molar-refractivity contribution in [2.45, 2.75) is 26.3 Å². The van der Waals surface area contributed by atoms with Crippen molar-refractivity contribution in [2.24, 2.45) is 0 Å². The highest BCUT2D eigenvalue weighted by Crippen LogP contribution is 2.43. The van der Waals surface area contributed by atoms with Gasteiger partial charge in [0, 0.05) is 5.69 Å². The zero-order valence-electron chi connectivity index (χ0n) is 12.8. The second-order valence-electron chi connectivity index (χ2n) is 5.44. The minimum atomic E-state index is 0.0396. The summed E-state index contributed by atoms with van der Waals surface area (Å²) in [5.74, 6) is 1.67. The molecule has 0 saturated heterocycles. The van der Waals surface area contributed by atoms with E-state index in [9.17, 15) is 0 Å². The lowest BCUT2D eigenvalue weighted by Gasteiger charge is -2.37. The molecule has 3 aromatic rings. The summed E-state index contributed by atoms with van der Waals surface area (Å²) in [4.78, 5) is 11.0. The maximum absolute atomic E-state index is 6.14. The van der Waals surface area contributed by atoms with E-state index in [1.807, 2.05) is 29.7 Å². The highest BCUT2D eigenvalue weighted by atomic mass is 35.5. The molecule has 23 heavy (non-hydrogen) atoms. The van der Waals surface area contributed by atoms with Crippen molar-refractivity contribution in [1.29, 1.82) is 0 Å². The molecule has 0 fully saturated rings. The van der Waals surface area contributed by atoms with Gasteiger partial charge in [-0.3, -0.25) is 4.57 Å². The van der Waals surface area contributed by atoms with Crippen LogP contribution in [0.25, 0.3) is 5.69 Å². The fourth-order valence-corrected chi connectivity index (χ4v) is 3.34. The molecule has 0 spiro atoms. The fraction of sp³-hybridized carbons (Fsp3) is 0.250. The number of fused-ring (bicyclic) bond motifs is 3. The molecule has 0 amide bonds. The van der Waals surface area contributed by atoms with Crippen LogP contribution in [0.5, 0.6) is 0 Å². The molecule has 6 nitrogen and oxygen atoms in total. The number of benzene rings is 1. The quantitative estimate of drug-likeness (QED) is 0.673. The Labute approximate surface area is 138 Å². The highest BCUT2D eigenvalue weighted by molar-refractivity contribution is 6.28. The number of halogens is 1. The Balaban J connectivity index is 2.04. The number of para-hydroxylation sites is 1. The lowest BCUT2D eigenvalue weighted by atomic mass is 10.1. The predicted molar refractivity (Wildman–Crippen MR) is 88.3 cm³/mol. The number of hydrogen-bond acceptors (Lipinski definition) is 5. The van der Waals surface area contributed by atoms with Crippen LogP contribution < -0.4 is 4.90 Å². The van der Waals surface area contributed by atoms with Crippen molar-refractivity contribution in [1.82, 2.24) is 24.7 Å². The van der Waals surface area contributed by atoms with E-state index in [0.29, 0.717) is 0 Å². The summed E-state index contributed by atoms with van der Waals surface area (Å²) in [5, 5.41) is 8.66. The molecule has 0 aliphatic carbocycles. The number of aromatic nitrogens is 5. The Morgan fingerprint density at radius 3 is 2.70 bits per heavy atom. The van der Waals surface area contributed by atoms with Gasteiger partial charge >= 0.3 is 0 Å². The van der Waals surface area contributed by atoms with Gasteiger partial charge in [-0.05, 0) is 37.1 Å². The van der Waals surface area contributed by atoms with Gasteiger partial charge in [0.2, 0.25) is 5.28 Å². The van der Waals surface area contributed by atoms with Crippen LogP contribution in [0, 0.1) is 6.92 Å². The Morgan fingerprint density at radius 2 is 1.96 bits per heavy atom. The van der Waals surface area contributed by atoms with E-state index in [2.05, 4.69) is 44.1 Å². The molecule has 4 rings (SSSR count). The molecule has 0 bridgehead atoms. The number of hydrogen-bond donors (Lipinski definition) is 0. The lowest BCUT2D eigenvalue weighted by Crippen LogP contribution is -2.32. The second kappa shape index (κ2) is 5.31. The van der Waals surface area contributed by atoms with Crippen LogP contribution in [-0.2, 0) is 0 Å². The fourth-order valence-electron chi connectivity index (χ4n) is 3.13. The zero-order valence-corrected chi connectivity index (χ0v) is 13.6. The third-order valence-electron chi connectivity index (χ3n) is 4.09. The van der Waals surface area contributed by atoms with Crippen LogP contribution in [0.4, 0.5) is 11.5 Å². The molecule has 1 aliphatic heterocycles. The minimum Gasteiger partial charge on any atom is -0.314 e. The molecule has 116 valence electrons. The summed E-state index contributed by atoms with van der Waals surface area (Å²) < 4.78 is 1.97. The molecular weight excluding hydrogens is 312 g/mol. The molecule has 1 aliphatic rings. The van der Waals surface area contributed by atoms with Gasteiger partial charge in [0.25, 0.3) is 0 Å². The van der Waals surface area contributed by atoms with E-state index in [1.54, 1.807) is 6.33 Å². The van der Waals surface area contributed by atoms with Crippen LogP contribution in [0.3, 0.4) is 0 Å². The largest absolute Gasteiger partial charge is 0.314 e. The van der Waals surface area contributed by atoms with Crippen molar-refractivity contribution in [2.75, 3.05) is 4.90 Å². The van der Waals surface area contributed by atoms with Gasteiger partial charge in [0.1, 0.15) is 12.0 Å². The molecule has 0 N–H and O–H groups in total. The summed E-state index contributed by atoms with van der Waals surface area (Å²) >= 11 is 6.14. The van der Waals surface area contributed by atoms with Crippen LogP contribution in [0.2, 0.25) is 5.28 Å². The molecule has 2 aromatic heterocycles. The first-order valence-electron chi connectivity index (χ1n) is 7.49. The van der Waals surface area contributed by atoms with Gasteiger partial charge < -0.3 is 4.90 Å². The Kier molecular flexibility index (Phi) is 3.27. The zero-order chi connectivity index (χ0) is 16.0. The normalized spacial score (nSPS) is 16.1. The summed E-state index contributed by atoms with van der Waals surface area (Å²) in [6, 6.07) is 10.2. The monoisotopic (exact) mass is 326 g/mol. The van der Waals surface area contributed by atoms with Crippen molar-refractivity contribution in [3.05, 3.63) is 53.5 Å². The van der Waals surface area contributed by atoms with Crippen molar-refractivity contribution in [3.63, 3.8) is 0 Å². The molecule has 1 aromatic carbocycles. The summed E-state index contributed by atoms with van der Waals surface area (Å²) in [6.45, 7) is 4.05. The molecule has 1 unspecified atom stereocenters. The predicted octanol–water partition coefficient (Wildman–Crippen LogP) is 3.62. The van der Waals surface area contributed by atoms with E-state index in [1.165, 1.54) is 0 Å². The highest BCUT2D eigenvalue weighted by Gasteiger charge is 2.35. The van der Waals surface area contributed by atoms with Gasteiger partial charge in [-0.1, -0.05) is 25.1 Å². The summed E-state index contributed by atoms with van der Waals surface area (Å²) in [7, 11) is 0. The van der Waals surface area contributed by atoms with Crippen LogP contribution in [0.1, 0.15) is 30.9 Å². The average Bonchev–Trinajstić information content (AvgIpc) is 3.02. The van der Waals surface area contributed by atoms with Gasteiger partial charge in [-0.25, -0.2) is 4.98 Å². The third-order valence-corrected chi connectivity index (χ3v) is 4.26. The second-order valence-corrected chi connectivity index (χ2v) is 5.78. The van der Waals surface area contributed by atoms with Gasteiger partial charge in [0.05, 0.1) is 11.7 Å². The Morgan fingerprint density at radius 1 is 1.17 bits per heavy atom. The van der Waals surface area contributed by atoms with E-state index >= 15 is 0 Å². The van der Waals surface area contributed by atoms with Crippen molar-refractivity contribution < 1.29 is 0 Å². The summed E-state index contributed by atoms with van der Waals surface area (Å²) in [5.41, 5.74) is 2.73. The van der Waals surface area contributed by atoms with Gasteiger partial charge in [0.15, 0.2) is 11.6 Å². The van der Waals surface area contributed by atoms with E-state index < -0.39 is 0 Å². The first-order valence-corrected chi connectivity index (χ1v) is 7.87. The van der Waals surface area contributed by atoms with E-state index in [-0.39, 0.29) is 11.3 Å². The van der Waals surface area contributed by atoms with Gasteiger partial charge in [-0.15, -0.1) is 10.2 Å². The van der Waals surface area contributed by atoms with E-state index in [0.717, 1.165) is 35.1 Å². The Hall–Kier alpha value is -2.47. The average molecular weight is 327 g/mol. The number of rotatable bonds is 2. The smallest absolute Gasteiger partial charge is 0.224 e. The van der Waals surface area contributed by atoms with Crippen molar-refractivity contribution in [3.8, 4) is 5.69 Å². The van der Waals surface area contributed by atoms with Crippen LogP contribution in [0.15, 0.2) is 36.7 Å². The standard InChI is InChI=1S/C16H15ClN6/c1-3-12-14-21-18-9-22(14)13-10(2)19-16(17)20-15(13)23(12)11-7-5-4-6-8-11/h4-9,12H,3H2,1-2H3. The third kappa shape index (κ3) is 2.09. The molecule has 7 heteroatoms. The molecule has 1 atom stereocenters. The van der Waals surface area contributed by atoms with Gasteiger partial charge in [-0.2, -0.15) is 4.98 Å². The molecule has 0 radical (unpaired) electrons. The maximum Gasteiger partial charge on any atom is 0.224 e. The molecular formula is C16H15ClN6. The topological polar surface area (TPSA) is 59.7 Å². The first-order chi connectivity index (χ1) is 11.2. The van der Waals surface area contributed by atoms with E-state index in [4.69, 9.17) is 11.6 Å². The number of nitrogens with zero attached hydrogens (tertiary/aromatic N) is 6. The summed E-state index contributed by atoms with van der Waals surface area (Å²) in [6.07, 6.45) is 2.58. The lowest BCUT2D eigenvalue weighted by molar-refractivity contribution is 0.588. The van der Waals surface area contributed by atoms with Crippen LogP contribution in [-0.4, -0.2) is 24.7 Å². The minimum absolute atomic E-state index is 0.0396. The SMILES string of the molecule is CCC1c2nncn2-c2c(C)nc(Cl)nc2N1c1ccccc1. The number of aryl methyl sites for hydroxylation is 1. The maximum atomic E-state index is 6.14. The Bertz CT molecular complexity index is 860.